The number of hydrogen-bond acceptors (Lipinski definition) is 2. The second-order valence-electron chi connectivity index (χ2n) is 5.92. The normalized spacial score (nSPS) is 12.8. The van der Waals surface area contributed by atoms with Crippen LogP contribution in [0.5, 0.6) is 0 Å². The summed E-state index contributed by atoms with van der Waals surface area (Å²) in [6, 6.07) is 7.80. The molecule has 114 valence electrons. The Labute approximate surface area is 125 Å². The number of fused-ring (bicyclic) bond motifs is 1. The zero-order valence-corrected chi connectivity index (χ0v) is 12.9. The number of nitrogens with zero attached hydrogens (tertiary/aromatic N) is 2. The molecule has 0 bridgehead atoms. The second kappa shape index (κ2) is 6.72. The van der Waals surface area contributed by atoms with Crippen LogP contribution in [0, 0.1) is 5.92 Å². The monoisotopic (exact) mass is 290 g/mol. The lowest BCUT2D eigenvalue weighted by Gasteiger charge is -2.17. The molecule has 1 aromatic heterocycles. The number of carbonyl (C=O) groups is 1. The fourth-order valence-electron chi connectivity index (χ4n) is 2.64. The summed E-state index contributed by atoms with van der Waals surface area (Å²) in [5.41, 5.74) is 2.12. The lowest BCUT2D eigenvalue weighted by atomic mass is 10.0. The molecule has 0 spiro atoms. The van der Waals surface area contributed by atoms with E-state index in [2.05, 4.69) is 19.2 Å². The summed E-state index contributed by atoms with van der Waals surface area (Å²) in [6.07, 6.45) is 2.70. The van der Waals surface area contributed by atoms with Crippen LogP contribution in [0.25, 0.3) is 11.0 Å². The number of carbonyl (C=O) groups excluding carboxylic acids is 1. The third kappa shape index (κ3) is 3.82. The van der Waals surface area contributed by atoms with Crippen LogP contribution >= 0.6 is 0 Å². The van der Waals surface area contributed by atoms with Crippen molar-refractivity contribution in [2.45, 2.75) is 32.9 Å². The quantitative estimate of drug-likeness (QED) is 0.780. The lowest BCUT2D eigenvalue weighted by molar-refractivity contribution is -0.645. The van der Waals surface area contributed by atoms with Gasteiger partial charge >= 0.3 is 0 Å². The van der Waals surface area contributed by atoms with Gasteiger partial charge < -0.3 is 10.4 Å². The van der Waals surface area contributed by atoms with Crippen molar-refractivity contribution in [1.82, 2.24) is 9.88 Å². The SMILES string of the molecule is CC(C)C[C@@H](CO)NC(=O)Cn1c[n+](C)c2ccccc21. The Bertz CT molecular complexity index is 619. The van der Waals surface area contributed by atoms with Gasteiger partial charge in [0.25, 0.3) is 5.91 Å². The number of aromatic nitrogens is 2. The van der Waals surface area contributed by atoms with Gasteiger partial charge in [-0.2, -0.15) is 0 Å². The Kier molecular flexibility index (Phi) is 4.96. The summed E-state index contributed by atoms with van der Waals surface area (Å²) in [5.74, 6) is 0.365. The van der Waals surface area contributed by atoms with Gasteiger partial charge in [0.05, 0.1) is 19.7 Å². The van der Waals surface area contributed by atoms with E-state index in [0.29, 0.717) is 5.92 Å². The minimum Gasteiger partial charge on any atom is -0.394 e. The Balaban J connectivity index is 2.08. The Hall–Kier alpha value is -1.88. The zero-order valence-electron chi connectivity index (χ0n) is 12.9. The van der Waals surface area contributed by atoms with E-state index in [1.807, 2.05) is 46.8 Å². The fraction of sp³-hybridized carbons (Fsp3) is 0.500. The number of para-hydroxylation sites is 2. The summed E-state index contributed by atoms with van der Waals surface area (Å²) in [6.45, 7) is 4.39. The maximum atomic E-state index is 12.2. The molecule has 1 heterocycles. The molecule has 21 heavy (non-hydrogen) atoms. The first-order chi connectivity index (χ1) is 10.0. The van der Waals surface area contributed by atoms with E-state index in [0.717, 1.165) is 17.5 Å². The molecule has 2 rings (SSSR count). The Morgan fingerprint density at radius 3 is 2.76 bits per heavy atom. The van der Waals surface area contributed by atoms with Crippen molar-refractivity contribution in [2.75, 3.05) is 6.61 Å². The van der Waals surface area contributed by atoms with Gasteiger partial charge in [-0.1, -0.05) is 26.0 Å². The Morgan fingerprint density at radius 1 is 1.38 bits per heavy atom. The van der Waals surface area contributed by atoms with Crippen LogP contribution in [-0.2, 0) is 18.4 Å². The zero-order chi connectivity index (χ0) is 15.4. The van der Waals surface area contributed by atoms with Crippen molar-refractivity contribution < 1.29 is 14.5 Å². The molecule has 0 aliphatic rings. The predicted octanol–water partition coefficient (Wildman–Crippen LogP) is 0.989. The molecule has 0 aliphatic heterocycles. The molecule has 1 atom stereocenters. The predicted molar refractivity (Wildman–Crippen MR) is 81.6 cm³/mol. The van der Waals surface area contributed by atoms with Crippen LogP contribution in [0.1, 0.15) is 20.3 Å². The average Bonchev–Trinajstić information content (AvgIpc) is 2.74. The smallest absolute Gasteiger partial charge is 0.262 e. The number of amides is 1. The molecule has 0 radical (unpaired) electrons. The van der Waals surface area contributed by atoms with Crippen LogP contribution in [0.4, 0.5) is 0 Å². The highest BCUT2D eigenvalue weighted by atomic mass is 16.3. The molecule has 5 nitrogen and oxygen atoms in total. The number of aliphatic hydroxyl groups excluding tert-OH is 1. The highest BCUT2D eigenvalue weighted by Crippen LogP contribution is 2.10. The largest absolute Gasteiger partial charge is 0.394 e. The molecule has 1 amide bonds. The molecule has 5 heteroatoms. The first-order valence-corrected chi connectivity index (χ1v) is 7.35. The van der Waals surface area contributed by atoms with E-state index in [1.165, 1.54) is 0 Å². The third-order valence-electron chi connectivity index (χ3n) is 3.54. The lowest BCUT2D eigenvalue weighted by Crippen LogP contribution is -2.40. The topological polar surface area (TPSA) is 58.1 Å². The third-order valence-corrected chi connectivity index (χ3v) is 3.54. The van der Waals surface area contributed by atoms with Crippen LogP contribution < -0.4 is 9.88 Å². The van der Waals surface area contributed by atoms with E-state index in [9.17, 15) is 9.90 Å². The fourth-order valence-corrected chi connectivity index (χ4v) is 2.64. The standard InChI is InChI=1S/C16H23N3O2/c1-12(2)8-13(10-20)17-16(21)9-19-11-18(3)14-6-4-5-7-15(14)19/h4-7,11-13,20H,8-10H2,1-3H3/p+1/t13-/m0/s1. The van der Waals surface area contributed by atoms with E-state index in [-0.39, 0.29) is 25.1 Å². The number of benzene rings is 1. The number of imidazole rings is 1. The van der Waals surface area contributed by atoms with Gasteiger partial charge in [0.15, 0.2) is 17.6 Å². The summed E-state index contributed by atoms with van der Waals surface area (Å²) in [7, 11) is 1.96. The number of hydrogen-bond donors (Lipinski definition) is 2. The van der Waals surface area contributed by atoms with Gasteiger partial charge in [0.1, 0.15) is 0 Å². The molecule has 0 unspecified atom stereocenters. The minimum absolute atomic E-state index is 0.0237. The highest BCUT2D eigenvalue weighted by molar-refractivity contribution is 5.79. The summed E-state index contributed by atoms with van der Waals surface area (Å²) >= 11 is 0. The number of aliphatic hydroxyl groups is 1. The van der Waals surface area contributed by atoms with Crippen molar-refractivity contribution in [2.24, 2.45) is 13.0 Å². The van der Waals surface area contributed by atoms with Gasteiger partial charge in [-0.3, -0.25) is 4.79 Å². The van der Waals surface area contributed by atoms with Crippen LogP contribution in [0.3, 0.4) is 0 Å². The molecular formula is C16H24N3O2+. The van der Waals surface area contributed by atoms with Gasteiger partial charge in [-0.05, 0) is 24.5 Å². The molecule has 1 aromatic carbocycles. The van der Waals surface area contributed by atoms with E-state index < -0.39 is 0 Å². The van der Waals surface area contributed by atoms with Crippen LogP contribution in [0.2, 0.25) is 0 Å². The van der Waals surface area contributed by atoms with Crippen molar-refractivity contribution in [3.63, 3.8) is 0 Å². The van der Waals surface area contributed by atoms with E-state index >= 15 is 0 Å². The van der Waals surface area contributed by atoms with E-state index in [1.54, 1.807) is 0 Å². The summed E-state index contributed by atoms with van der Waals surface area (Å²) in [5, 5.41) is 12.2. The molecule has 0 fully saturated rings. The maximum Gasteiger partial charge on any atom is 0.262 e. The Morgan fingerprint density at radius 2 is 2.10 bits per heavy atom. The van der Waals surface area contributed by atoms with E-state index in [4.69, 9.17) is 0 Å². The minimum atomic E-state index is -0.173. The number of aryl methyl sites for hydroxylation is 1. The summed E-state index contributed by atoms with van der Waals surface area (Å²) in [4.78, 5) is 12.2. The van der Waals surface area contributed by atoms with Crippen molar-refractivity contribution in [3.8, 4) is 0 Å². The van der Waals surface area contributed by atoms with Crippen molar-refractivity contribution in [3.05, 3.63) is 30.6 Å². The van der Waals surface area contributed by atoms with Crippen molar-refractivity contribution in [1.29, 1.82) is 0 Å². The van der Waals surface area contributed by atoms with Crippen LogP contribution in [-0.4, -0.2) is 28.2 Å². The first kappa shape index (κ1) is 15.5. The second-order valence-corrected chi connectivity index (χ2v) is 5.92. The molecule has 0 aliphatic carbocycles. The van der Waals surface area contributed by atoms with Crippen molar-refractivity contribution >= 4 is 16.9 Å². The molecular weight excluding hydrogens is 266 g/mol. The summed E-state index contributed by atoms with van der Waals surface area (Å²) < 4.78 is 3.93. The molecule has 2 aromatic rings. The average molecular weight is 290 g/mol. The first-order valence-electron chi connectivity index (χ1n) is 7.35. The number of rotatable bonds is 6. The van der Waals surface area contributed by atoms with Gasteiger partial charge in [-0.15, -0.1) is 0 Å². The van der Waals surface area contributed by atoms with Gasteiger partial charge in [-0.25, -0.2) is 9.13 Å². The maximum absolute atomic E-state index is 12.2. The highest BCUT2D eigenvalue weighted by Gasteiger charge is 2.18. The molecule has 2 N–H and O–H groups in total. The van der Waals surface area contributed by atoms with Gasteiger partial charge in [0, 0.05) is 0 Å². The van der Waals surface area contributed by atoms with Crippen LogP contribution in [0.15, 0.2) is 30.6 Å². The molecule has 0 saturated heterocycles. The molecule has 0 saturated carbocycles. The van der Waals surface area contributed by atoms with Gasteiger partial charge in [0.2, 0.25) is 6.33 Å². The number of nitrogens with one attached hydrogen (secondary N) is 1.